The number of nitrogens with zero attached hydrogens (tertiary/aromatic N) is 3. The summed E-state index contributed by atoms with van der Waals surface area (Å²) in [7, 11) is 0. The summed E-state index contributed by atoms with van der Waals surface area (Å²) in [6.07, 6.45) is -2.36. The van der Waals surface area contributed by atoms with Gasteiger partial charge in [0.1, 0.15) is 17.3 Å². The third-order valence-electron chi connectivity index (χ3n) is 6.55. The lowest BCUT2D eigenvalue weighted by Crippen LogP contribution is -2.39. The molecular formula is C24H24F5N3O3S. The average Bonchev–Trinajstić information content (AvgIpc) is 3.27. The highest BCUT2D eigenvalue weighted by Gasteiger charge is 2.35. The standard InChI is InChI=1S/C24H24F5N3O3S/c1-13(24(27,28)29)31-35-12-20(33)32-9-7-14(8-10-32)23-30-21-19(36-23)6-5-15(22(21)34)11-16-17(25)3-2-4-18(16)26/h2-4,14-15H,5-12H2,1H3. The second-order valence-corrected chi connectivity index (χ2v) is 10.0. The molecule has 1 amide bonds. The van der Waals surface area contributed by atoms with E-state index in [1.807, 2.05) is 0 Å². The van der Waals surface area contributed by atoms with Gasteiger partial charge in [0.15, 0.2) is 18.1 Å². The molecule has 194 valence electrons. The van der Waals surface area contributed by atoms with E-state index in [4.69, 9.17) is 0 Å². The number of hydrogen-bond donors (Lipinski definition) is 0. The fourth-order valence-corrected chi connectivity index (χ4v) is 5.66. The minimum absolute atomic E-state index is 0.0151. The molecule has 1 aromatic carbocycles. The van der Waals surface area contributed by atoms with Gasteiger partial charge < -0.3 is 9.74 Å². The van der Waals surface area contributed by atoms with Crippen LogP contribution < -0.4 is 0 Å². The van der Waals surface area contributed by atoms with Crippen molar-refractivity contribution in [2.45, 2.75) is 51.1 Å². The molecule has 12 heteroatoms. The zero-order chi connectivity index (χ0) is 26.0. The van der Waals surface area contributed by atoms with Crippen molar-refractivity contribution in [2.75, 3.05) is 19.7 Å². The lowest BCUT2D eigenvalue weighted by molar-refractivity contribution is -0.137. The molecule has 1 atom stereocenters. The first-order valence-electron chi connectivity index (χ1n) is 11.5. The predicted molar refractivity (Wildman–Crippen MR) is 122 cm³/mol. The van der Waals surface area contributed by atoms with Crippen LogP contribution >= 0.6 is 11.3 Å². The number of benzene rings is 1. The third kappa shape index (κ3) is 5.74. The van der Waals surface area contributed by atoms with Crippen molar-refractivity contribution in [1.29, 1.82) is 0 Å². The molecular weight excluding hydrogens is 505 g/mol. The van der Waals surface area contributed by atoms with Gasteiger partial charge in [-0.1, -0.05) is 11.2 Å². The Morgan fingerprint density at radius 3 is 2.50 bits per heavy atom. The third-order valence-corrected chi connectivity index (χ3v) is 7.82. The largest absolute Gasteiger partial charge is 0.432 e. The molecule has 36 heavy (non-hydrogen) atoms. The van der Waals surface area contributed by atoms with Gasteiger partial charge in [0.25, 0.3) is 5.91 Å². The Labute approximate surface area is 208 Å². The summed E-state index contributed by atoms with van der Waals surface area (Å²) in [5, 5.41) is 3.73. The van der Waals surface area contributed by atoms with Crippen LogP contribution in [0, 0.1) is 17.6 Å². The molecule has 0 radical (unpaired) electrons. The number of carbonyl (C=O) groups excluding carboxylic acids is 2. The number of aromatic nitrogens is 1. The highest BCUT2D eigenvalue weighted by molar-refractivity contribution is 7.12. The number of thiazole rings is 1. The van der Waals surface area contributed by atoms with Crippen molar-refractivity contribution in [2.24, 2.45) is 11.1 Å². The Balaban J connectivity index is 1.33. The normalized spacial score (nSPS) is 19.4. The molecule has 0 N–H and O–H groups in total. The highest BCUT2D eigenvalue weighted by atomic mass is 32.1. The fourth-order valence-electron chi connectivity index (χ4n) is 4.41. The summed E-state index contributed by atoms with van der Waals surface area (Å²) >= 11 is 1.46. The van der Waals surface area contributed by atoms with Gasteiger partial charge in [0, 0.05) is 35.4 Å². The van der Waals surface area contributed by atoms with Gasteiger partial charge in [-0.25, -0.2) is 13.8 Å². The number of alkyl halides is 3. The lowest BCUT2D eigenvalue weighted by atomic mass is 9.84. The van der Waals surface area contributed by atoms with Crippen LogP contribution in [0.1, 0.15) is 58.0 Å². The van der Waals surface area contributed by atoms with E-state index in [-0.39, 0.29) is 23.7 Å². The fraction of sp³-hybridized carbons (Fsp3) is 0.500. The average molecular weight is 530 g/mol. The Hall–Kier alpha value is -2.89. The molecule has 4 rings (SSSR count). The van der Waals surface area contributed by atoms with Crippen LogP contribution in [-0.2, 0) is 22.5 Å². The number of likely N-dealkylation sites (tertiary alicyclic amines) is 1. The molecule has 1 unspecified atom stereocenters. The van der Waals surface area contributed by atoms with Crippen molar-refractivity contribution in [3.63, 3.8) is 0 Å². The number of amides is 1. The first-order chi connectivity index (χ1) is 17.0. The molecule has 1 saturated heterocycles. The van der Waals surface area contributed by atoms with E-state index in [1.165, 1.54) is 34.4 Å². The van der Waals surface area contributed by atoms with Gasteiger partial charge in [-0.2, -0.15) is 13.2 Å². The SMILES string of the molecule is CC(=NOCC(=O)N1CCC(c2nc3c(s2)CCC(Cc2c(F)cccc2F)C3=O)CC1)C(F)(F)F. The maximum atomic E-state index is 14.1. The molecule has 0 saturated carbocycles. The quantitative estimate of drug-likeness (QED) is 0.298. The number of fused-ring (bicyclic) bond motifs is 1. The molecule has 1 aromatic heterocycles. The summed E-state index contributed by atoms with van der Waals surface area (Å²) in [6, 6.07) is 3.65. The van der Waals surface area contributed by atoms with Crippen molar-refractivity contribution in [3.05, 3.63) is 51.0 Å². The molecule has 1 aliphatic heterocycles. The summed E-state index contributed by atoms with van der Waals surface area (Å²) in [4.78, 5) is 36.8. The smallest absolute Gasteiger partial charge is 0.385 e. The first-order valence-corrected chi connectivity index (χ1v) is 12.3. The topological polar surface area (TPSA) is 71.9 Å². The number of Topliss-reactive ketones (excluding diaryl/α,β-unsaturated/α-hetero) is 1. The van der Waals surface area contributed by atoms with E-state index >= 15 is 0 Å². The molecule has 2 aliphatic rings. The van der Waals surface area contributed by atoms with Gasteiger partial charge >= 0.3 is 6.18 Å². The monoisotopic (exact) mass is 529 g/mol. The van der Waals surface area contributed by atoms with Crippen LogP contribution in [0.2, 0.25) is 0 Å². The summed E-state index contributed by atoms with van der Waals surface area (Å²) in [5.41, 5.74) is -0.889. The molecule has 0 spiro atoms. The number of halogens is 5. The Morgan fingerprint density at radius 2 is 1.86 bits per heavy atom. The predicted octanol–water partition coefficient (Wildman–Crippen LogP) is 5.07. The zero-order valence-electron chi connectivity index (χ0n) is 19.4. The molecule has 1 fully saturated rings. The number of ketones is 1. The van der Waals surface area contributed by atoms with Crippen molar-refractivity contribution in [3.8, 4) is 0 Å². The van der Waals surface area contributed by atoms with Crippen molar-refractivity contribution < 1.29 is 36.4 Å². The minimum Gasteiger partial charge on any atom is -0.385 e. The van der Waals surface area contributed by atoms with E-state index in [9.17, 15) is 31.5 Å². The summed E-state index contributed by atoms with van der Waals surface area (Å²) < 4.78 is 65.4. The van der Waals surface area contributed by atoms with E-state index in [0.29, 0.717) is 44.5 Å². The van der Waals surface area contributed by atoms with Crippen LogP contribution in [0.5, 0.6) is 0 Å². The maximum absolute atomic E-state index is 14.1. The number of rotatable bonds is 6. The van der Waals surface area contributed by atoms with Crippen LogP contribution in [0.25, 0.3) is 0 Å². The van der Waals surface area contributed by atoms with Crippen molar-refractivity contribution >= 4 is 28.7 Å². The number of carbonyl (C=O) groups is 2. The van der Waals surface area contributed by atoms with E-state index in [0.717, 1.165) is 16.8 Å². The van der Waals surface area contributed by atoms with E-state index < -0.39 is 42.0 Å². The molecule has 2 aromatic rings. The second-order valence-electron chi connectivity index (χ2n) is 8.93. The first kappa shape index (κ1) is 26.2. The van der Waals surface area contributed by atoms with Gasteiger partial charge in [0.2, 0.25) is 0 Å². The number of aryl methyl sites for hydroxylation is 1. The van der Waals surface area contributed by atoms with Gasteiger partial charge in [-0.05, 0) is 51.2 Å². The number of hydrogen-bond acceptors (Lipinski definition) is 6. The number of piperidine rings is 1. The Bertz CT molecular complexity index is 1150. The number of oxime groups is 1. The van der Waals surface area contributed by atoms with Gasteiger partial charge in [-0.3, -0.25) is 9.59 Å². The van der Waals surface area contributed by atoms with Crippen LogP contribution in [0.4, 0.5) is 22.0 Å². The van der Waals surface area contributed by atoms with Gasteiger partial charge in [0.05, 0.1) is 5.01 Å². The summed E-state index contributed by atoms with van der Waals surface area (Å²) in [5.74, 6) is -2.50. The molecule has 0 bridgehead atoms. The van der Waals surface area contributed by atoms with Crippen LogP contribution in [-0.4, -0.2) is 53.2 Å². The van der Waals surface area contributed by atoms with Crippen molar-refractivity contribution in [1.82, 2.24) is 9.88 Å². The van der Waals surface area contributed by atoms with Crippen LogP contribution in [0.15, 0.2) is 23.4 Å². The lowest BCUT2D eigenvalue weighted by Gasteiger charge is -2.30. The Morgan fingerprint density at radius 1 is 1.19 bits per heavy atom. The zero-order valence-corrected chi connectivity index (χ0v) is 20.2. The minimum atomic E-state index is -4.61. The summed E-state index contributed by atoms with van der Waals surface area (Å²) in [6.45, 7) is 0.932. The van der Waals surface area contributed by atoms with E-state index in [2.05, 4.69) is 15.0 Å². The molecule has 1 aliphatic carbocycles. The molecule has 6 nitrogen and oxygen atoms in total. The van der Waals surface area contributed by atoms with E-state index in [1.54, 1.807) is 0 Å². The Kier molecular flexibility index (Phi) is 7.72. The maximum Gasteiger partial charge on any atom is 0.432 e. The van der Waals surface area contributed by atoms with Crippen LogP contribution in [0.3, 0.4) is 0 Å². The second kappa shape index (κ2) is 10.6. The van der Waals surface area contributed by atoms with Gasteiger partial charge in [-0.15, -0.1) is 11.3 Å². The molecule has 2 heterocycles. The highest BCUT2D eigenvalue weighted by Crippen LogP contribution is 2.37.